The molecule has 2 aliphatic rings. The molecule has 166 valence electrons. The maximum atomic E-state index is 12.6. The van der Waals surface area contributed by atoms with Crippen molar-refractivity contribution < 1.29 is 49.6 Å². The maximum absolute atomic E-state index is 12.6. The molecule has 4 rings (SSSR count). The molecule has 10 heteroatoms. The summed E-state index contributed by atoms with van der Waals surface area (Å²) < 4.78 is 16.7. The number of aromatic hydroxyl groups is 2. The number of phenolic OH excluding ortho intramolecular Hbond substituents is 2. The number of hydrogen-bond acceptors (Lipinski definition) is 10. The second kappa shape index (κ2) is 8.33. The van der Waals surface area contributed by atoms with Crippen LogP contribution in [0.1, 0.15) is 28.4 Å². The van der Waals surface area contributed by atoms with Crippen molar-refractivity contribution in [1.29, 1.82) is 0 Å². The number of carbonyl (C=O) groups excluding carboxylic acids is 1. The highest BCUT2D eigenvalue weighted by Crippen LogP contribution is 2.42. The first-order chi connectivity index (χ1) is 14.8. The van der Waals surface area contributed by atoms with E-state index in [1.54, 1.807) is 12.1 Å². The summed E-state index contributed by atoms with van der Waals surface area (Å²) in [6.07, 6.45) is -8.09. The molecule has 31 heavy (non-hydrogen) atoms. The molecule has 10 nitrogen and oxygen atoms in total. The largest absolute Gasteiger partial charge is 0.508 e. The number of phenols is 2. The summed E-state index contributed by atoms with van der Waals surface area (Å²) in [5, 5.41) is 59.0. The Hall–Kier alpha value is -2.89. The van der Waals surface area contributed by atoms with E-state index in [0.29, 0.717) is 5.56 Å². The number of rotatable bonds is 4. The summed E-state index contributed by atoms with van der Waals surface area (Å²) in [4.78, 5) is 12.6. The molecule has 2 aliphatic heterocycles. The minimum atomic E-state index is -1.64. The molecule has 0 amide bonds. The molecule has 6 N–H and O–H groups in total. The van der Waals surface area contributed by atoms with E-state index in [4.69, 9.17) is 14.2 Å². The fourth-order valence-corrected chi connectivity index (χ4v) is 3.66. The van der Waals surface area contributed by atoms with Crippen LogP contribution in [-0.2, 0) is 4.74 Å². The fourth-order valence-electron chi connectivity index (χ4n) is 3.66. The van der Waals surface area contributed by atoms with E-state index in [9.17, 15) is 35.4 Å². The molecule has 0 aromatic heterocycles. The number of fused-ring (bicyclic) bond motifs is 1. The van der Waals surface area contributed by atoms with Gasteiger partial charge in [-0.25, -0.2) is 0 Å². The van der Waals surface area contributed by atoms with Crippen LogP contribution in [0.3, 0.4) is 0 Å². The number of ether oxygens (including phenoxy) is 3. The average molecular weight is 434 g/mol. The summed E-state index contributed by atoms with van der Waals surface area (Å²) in [7, 11) is 0. The van der Waals surface area contributed by atoms with Crippen molar-refractivity contribution in [2.24, 2.45) is 0 Å². The van der Waals surface area contributed by atoms with Crippen molar-refractivity contribution in [3.8, 4) is 23.0 Å². The van der Waals surface area contributed by atoms with Crippen molar-refractivity contribution in [2.45, 2.75) is 43.2 Å². The first-order valence-electron chi connectivity index (χ1n) is 9.61. The molecule has 0 saturated carbocycles. The Morgan fingerprint density at radius 3 is 2.39 bits per heavy atom. The molecule has 0 radical (unpaired) electrons. The number of Topliss-reactive ketones (excluding diaryl/α,β-unsaturated/α-hetero) is 1. The van der Waals surface area contributed by atoms with Crippen molar-refractivity contribution in [3.63, 3.8) is 0 Å². The highest BCUT2D eigenvalue weighted by atomic mass is 16.7. The first-order valence-corrected chi connectivity index (χ1v) is 9.61. The number of aliphatic hydroxyl groups excluding tert-OH is 4. The van der Waals surface area contributed by atoms with Crippen LogP contribution in [0, 0.1) is 0 Å². The number of benzene rings is 2. The van der Waals surface area contributed by atoms with Gasteiger partial charge in [0, 0.05) is 12.1 Å². The minimum absolute atomic E-state index is 0.0156. The fraction of sp³-hybridized carbons (Fsp3) is 0.381. The van der Waals surface area contributed by atoms with E-state index in [0.717, 1.165) is 6.07 Å². The third-order valence-electron chi connectivity index (χ3n) is 5.34. The molecule has 0 bridgehead atoms. The molecule has 2 heterocycles. The first kappa shape index (κ1) is 21.3. The number of hydrogen-bond donors (Lipinski definition) is 6. The van der Waals surface area contributed by atoms with Crippen LogP contribution in [-0.4, -0.2) is 73.7 Å². The van der Waals surface area contributed by atoms with Gasteiger partial charge in [-0.15, -0.1) is 0 Å². The average Bonchev–Trinajstić information content (AvgIpc) is 2.74. The SMILES string of the molecule is O=C1C[C@@H](c2ccc(O)cc2)Oc2cc(O[C@H]3O[C@@H](CO)[C@H](O)[C@@H](O)[C@@H]3O)cc(O)c21. The summed E-state index contributed by atoms with van der Waals surface area (Å²) in [5.74, 6) is -0.657. The minimum Gasteiger partial charge on any atom is -0.508 e. The van der Waals surface area contributed by atoms with Crippen LogP contribution < -0.4 is 9.47 Å². The quantitative estimate of drug-likeness (QED) is 0.385. The lowest BCUT2D eigenvalue weighted by atomic mass is 9.95. The topological polar surface area (TPSA) is 166 Å². The van der Waals surface area contributed by atoms with E-state index in [-0.39, 0.29) is 35.0 Å². The van der Waals surface area contributed by atoms with Crippen molar-refractivity contribution >= 4 is 5.78 Å². The van der Waals surface area contributed by atoms with Crippen LogP contribution in [0.15, 0.2) is 36.4 Å². The van der Waals surface area contributed by atoms with Crippen molar-refractivity contribution in [3.05, 3.63) is 47.5 Å². The Morgan fingerprint density at radius 2 is 1.71 bits per heavy atom. The normalized spacial score (nSPS) is 30.4. The second-order valence-corrected chi connectivity index (χ2v) is 7.46. The smallest absolute Gasteiger partial charge is 0.229 e. The van der Waals surface area contributed by atoms with Gasteiger partial charge in [0.1, 0.15) is 59.1 Å². The molecule has 6 atom stereocenters. The summed E-state index contributed by atoms with van der Waals surface area (Å²) in [6, 6.07) is 8.64. The Morgan fingerprint density at radius 1 is 1.00 bits per heavy atom. The van der Waals surface area contributed by atoms with Gasteiger partial charge < -0.3 is 44.8 Å². The van der Waals surface area contributed by atoms with Gasteiger partial charge in [-0.05, 0) is 17.7 Å². The van der Waals surface area contributed by atoms with E-state index in [2.05, 4.69) is 0 Å². The van der Waals surface area contributed by atoms with E-state index >= 15 is 0 Å². The van der Waals surface area contributed by atoms with Gasteiger partial charge in [0.2, 0.25) is 6.29 Å². The van der Waals surface area contributed by atoms with Gasteiger partial charge in [0.15, 0.2) is 5.78 Å². The summed E-state index contributed by atoms with van der Waals surface area (Å²) in [5.41, 5.74) is 0.632. The predicted molar refractivity (Wildman–Crippen MR) is 103 cm³/mol. The Kier molecular flexibility index (Phi) is 5.73. The molecule has 2 aromatic rings. The van der Waals surface area contributed by atoms with Crippen LogP contribution in [0.4, 0.5) is 0 Å². The highest BCUT2D eigenvalue weighted by Gasteiger charge is 2.45. The number of carbonyl (C=O) groups is 1. The van der Waals surface area contributed by atoms with Gasteiger partial charge in [0.25, 0.3) is 0 Å². The van der Waals surface area contributed by atoms with Crippen molar-refractivity contribution in [2.75, 3.05) is 6.61 Å². The molecular formula is C21H22O10. The molecule has 2 aromatic carbocycles. The standard InChI is InChI=1S/C21H22O10/c22-8-16-18(26)19(27)20(28)21(31-16)29-11-5-12(24)17-13(25)7-14(30-15(17)6-11)9-1-3-10(23)4-2-9/h1-6,14,16,18-24,26-28H,7-8H2/t14-,16-,18-,19+,20-,21-/m0/s1. The Bertz CT molecular complexity index is 957. The summed E-state index contributed by atoms with van der Waals surface area (Å²) in [6.45, 7) is -0.619. The van der Waals surface area contributed by atoms with E-state index in [1.165, 1.54) is 18.2 Å². The van der Waals surface area contributed by atoms with Crippen LogP contribution in [0.2, 0.25) is 0 Å². The predicted octanol–water partition coefficient (Wildman–Crippen LogP) is -0.0170. The number of aliphatic hydroxyl groups is 4. The molecule has 0 spiro atoms. The second-order valence-electron chi connectivity index (χ2n) is 7.46. The van der Waals surface area contributed by atoms with E-state index < -0.39 is 49.2 Å². The maximum Gasteiger partial charge on any atom is 0.229 e. The third kappa shape index (κ3) is 4.03. The molecule has 1 fully saturated rings. The zero-order valence-corrected chi connectivity index (χ0v) is 16.2. The molecule has 1 saturated heterocycles. The van der Waals surface area contributed by atoms with Gasteiger partial charge in [-0.3, -0.25) is 4.79 Å². The van der Waals surface area contributed by atoms with Gasteiger partial charge in [0.05, 0.1) is 13.0 Å². The van der Waals surface area contributed by atoms with E-state index in [1.807, 2.05) is 0 Å². The Balaban J connectivity index is 1.59. The van der Waals surface area contributed by atoms with Crippen LogP contribution >= 0.6 is 0 Å². The molecule has 0 aliphatic carbocycles. The monoisotopic (exact) mass is 434 g/mol. The Labute approximate surface area is 176 Å². The van der Waals surface area contributed by atoms with Gasteiger partial charge in [-0.2, -0.15) is 0 Å². The molecular weight excluding hydrogens is 412 g/mol. The van der Waals surface area contributed by atoms with Crippen molar-refractivity contribution in [1.82, 2.24) is 0 Å². The van der Waals surface area contributed by atoms with Gasteiger partial charge in [-0.1, -0.05) is 12.1 Å². The van der Waals surface area contributed by atoms with Gasteiger partial charge >= 0.3 is 0 Å². The van der Waals surface area contributed by atoms with Crippen LogP contribution in [0.5, 0.6) is 23.0 Å². The lowest BCUT2D eigenvalue weighted by Gasteiger charge is -2.39. The highest BCUT2D eigenvalue weighted by molar-refractivity contribution is 6.02. The molecule has 0 unspecified atom stereocenters. The summed E-state index contributed by atoms with van der Waals surface area (Å²) >= 11 is 0. The lowest BCUT2D eigenvalue weighted by molar-refractivity contribution is -0.277. The number of ketones is 1. The lowest BCUT2D eigenvalue weighted by Crippen LogP contribution is -2.60. The third-order valence-corrected chi connectivity index (χ3v) is 5.34. The zero-order valence-electron chi connectivity index (χ0n) is 16.2. The zero-order chi connectivity index (χ0) is 22.3. The van der Waals surface area contributed by atoms with Crippen LogP contribution in [0.25, 0.3) is 0 Å².